The maximum absolute atomic E-state index is 12.9. The van der Waals surface area contributed by atoms with Gasteiger partial charge in [0.05, 0.1) is 6.54 Å². The van der Waals surface area contributed by atoms with Crippen LogP contribution in [0, 0.1) is 5.92 Å². The van der Waals surface area contributed by atoms with Gasteiger partial charge in [0.1, 0.15) is 12.1 Å². The first-order valence-corrected chi connectivity index (χ1v) is 9.04. The summed E-state index contributed by atoms with van der Waals surface area (Å²) in [7, 11) is 0. The summed E-state index contributed by atoms with van der Waals surface area (Å²) in [4.78, 5) is 51.7. The number of carbonyl (C=O) groups excluding carboxylic acids is 4. The predicted molar refractivity (Wildman–Crippen MR) is 91.5 cm³/mol. The summed E-state index contributed by atoms with van der Waals surface area (Å²) in [6.45, 7) is 5.94. The van der Waals surface area contributed by atoms with E-state index < -0.39 is 17.5 Å². The van der Waals surface area contributed by atoms with E-state index >= 15 is 0 Å². The Bertz CT molecular complexity index is 565. The van der Waals surface area contributed by atoms with E-state index in [-0.39, 0.29) is 30.8 Å². The average molecular weight is 352 g/mol. The molecule has 140 valence electrons. The molecule has 1 heterocycles. The first-order valence-electron chi connectivity index (χ1n) is 9.04. The fourth-order valence-corrected chi connectivity index (χ4v) is 3.68. The Morgan fingerprint density at radius 1 is 1.32 bits per heavy atom. The Hall–Kier alpha value is -2.12. The van der Waals surface area contributed by atoms with Crippen LogP contribution in [-0.4, -0.2) is 65.3 Å². The fraction of sp³-hybridized carbons (Fsp3) is 0.765. The quantitative estimate of drug-likeness (QED) is 0.679. The summed E-state index contributed by atoms with van der Waals surface area (Å²) in [6.07, 6.45) is 3.42. The predicted octanol–water partition coefficient (Wildman–Crippen LogP) is 0.472. The van der Waals surface area contributed by atoms with E-state index in [0.717, 1.165) is 24.2 Å². The van der Waals surface area contributed by atoms with E-state index in [2.05, 4.69) is 10.6 Å². The molecule has 25 heavy (non-hydrogen) atoms. The summed E-state index contributed by atoms with van der Waals surface area (Å²) in [5.74, 6) is -0.924. The van der Waals surface area contributed by atoms with Crippen molar-refractivity contribution in [2.75, 3.05) is 26.2 Å². The van der Waals surface area contributed by atoms with Gasteiger partial charge in [-0.2, -0.15) is 0 Å². The number of imide groups is 1. The van der Waals surface area contributed by atoms with Gasteiger partial charge in [-0.1, -0.05) is 19.8 Å². The van der Waals surface area contributed by atoms with Gasteiger partial charge in [0.2, 0.25) is 11.8 Å². The maximum atomic E-state index is 12.9. The molecule has 2 atom stereocenters. The van der Waals surface area contributed by atoms with Gasteiger partial charge >= 0.3 is 6.03 Å². The molecule has 0 aromatic rings. The zero-order valence-corrected chi connectivity index (χ0v) is 15.3. The van der Waals surface area contributed by atoms with Crippen LogP contribution < -0.4 is 10.6 Å². The van der Waals surface area contributed by atoms with Gasteiger partial charge in [-0.3, -0.25) is 19.3 Å². The van der Waals surface area contributed by atoms with E-state index in [1.54, 1.807) is 13.8 Å². The average Bonchev–Trinajstić information content (AvgIpc) is 2.80. The van der Waals surface area contributed by atoms with E-state index in [1.165, 1.54) is 4.90 Å². The van der Waals surface area contributed by atoms with Gasteiger partial charge in [-0.15, -0.1) is 0 Å². The third-order valence-electron chi connectivity index (χ3n) is 5.24. The molecule has 8 heteroatoms. The van der Waals surface area contributed by atoms with Crippen molar-refractivity contribution in [1.29, 1.82) is 0 Å². The minimum absolute atomic E-state index is 0.0513. The van der Waals surface area contributed by atoms with Gasteiger partial charge in [0.15, 0.2) is 0 Å². The molecule has 0 radical (unpaired) electrons. The van der Waals surface area contributed by atoms with Gasteiger partial charge < -0.3 is 15.5 Å². The van der Waals surface area contributed by atoms with Crippen LogP contribution in [-0.2, 0) is 14.4 Å². The monoisotopic (exact) mass is 352 g/mol. The molecule has 2 aliphatic rings. The number of rotatable bonds is 6. The lowest BCUT2D eigenvalue weighted by Gasteiger charge is -2.36. The number of likely N-dealkylation sites (N-methyl/N-ethyl adjacent to an activating group) is 2. The highest BCUT2D eigenvalue weighted by Crippen LogP contribution is 2.38. The molecule has 1 saturated heterocycles. The molecule has 2 fully saturated rings. The van der Waals surface area contributed by atoms with E-state index in [0.29, 0.717) is 19.5 Å². The molecular formula is C17H28N4O4. The fourth-order valence-electron chi connectivity index (χ4n) is 3.68. The topological polar surface area (TPSA) is 98.8 Å². The number of urea groups is 1. The summed E-state index contributed by atoms with van der Waals surface area (Å²) in [5, 5.41) is 5.47. The minimum atomic E-state index is -0.869. The van der Waals surface area contributed by atoms with Gasteiger partial charge in [0.25, 0.3) is 5.91 Å². The first kappa shape index (κ1) is 19.2. The van der Waals surface area contributed by atoms with Crippen molar-refractivity contribution in [3.05, 3.63) is 0 Å². The summed E-state index contributed by atoms with van der Waals surface area (Å²) >= 11 is 0. The lowest BCUT2D eigenvalue weighted by molar-refractivity contribution is -0.141. The number of carbonyl (C=O) groups is 4. The van der Waals surface area contributed by atoms with Gasteiger partial charge in [-0.25, -0.2) is 4.79 Å². The summed E-state index contributed by atoms with van der Waals surface area (Å²) in [6, 6.07) is -0.513. The standard InChI is InChI=1S/C17H28N4O4/c1-4-18-13(22)10-20(5-2)14(23)11-21-15(24)17(19-16(21)25)9-7-6-8-12(17)3/h12H,4-11H2,1-3H3,(H,18,22)(H,19,25)/t12-,17+/m0/s1. The number of hydrogen-bond acceptors (Lipinski definition) is 4. The second kappa shape index (κ2) is 7.84. The van der Waals surface area contributed by atoms with Crippen LogP contribution >= 0.6 is 0 Å². The van der Waals surface area contributed by atoms with Crippen LogP contribution in [0.25, 0.3) is 0 Å². The van der Waals surface area contributed by atoms with Crippen LogP contribution in [0.3, 0.4) is 0 Å². The van der Waals surface area contributed by atoms with E-state index in [4.69, 9.17) is 0 Å². The Labute approximate surface area is 148 Å². The largest absolute Gasteiger partial charge is 0.355 e. The Kier molecular flexibility index (Phi) is 6.02. The van der Waals surface area contributed by atoms with Crippen molar-refractivity contribution < 1.29 is 19.2 Å². The summed E-state index contributed by atoms with van der Waals surface area (Å²) < 4.78 is 0. The normalized spacial score (nSPS) is 25.9. The smallest absolute Gasteiger partial charge is 0.325 e. The lowest BCUT2D eigenvalue weighted by atomic mass is 9.73. The number of hydrogen-bond donors (Lipinski definition) is 2. The molecule has 0 aromatic carbocycles. The van der Waals surface area contributed by atoms with E-state index in [9.17, 15) is 19.2 Å². The third-order valence-corrected chi connectivity index (χ3v) is 5.24. The molecule has 5 amide bonds. The first-order chi connectivity index (χ1) is 11.9. The van der Waals surface area contributed by atoms with Crippen LogP contribution in [0.15, 0.2) is 0 Å². The summed E-state index contributed by atoms with van der Waals surface area (Å²) in [5.41, 5.74) is -0.869. The number of nitrogens with zero attached hydrogens (tertiary/aromatic N) is 2. The highest BCUT2D eigenvalue weighted by molar-refractivity contribution is 6.09. The number of amides is 5. The van der Waals surface area contributed by atoms with Crippen molar-refractivity contribution >= 4 is 23.8 Å². The van der Waals surface area contributed by atoms with Crippen LogP contribution in [0.2, 0.25) is 0 Å². The van der Waals surface area contributed by atoms with Crippen LogP contribution in [0.4, 0.5) is 4.79 Å². The second-order valence-corrected chi connectivity index (χ2v) is 6.80. The molecule has 2 N–H and O–H groups in total. The minimum Gasteiger partial charge on any atom is -0.355 e. The molecule has 1 aliphatic heterocycles. The molecule has 1 aliphatic carbocycles. The zero-order valence-electron chi connectivity index (χ0n) is 15.3. The van der Waals surface area contributed by atoms with Crippen molar-refractivity contribution in [2.24, 2.45) is 5.92 Å². The van der Waals surface area contributed by atoms with Crippen LogP contribution in [0.1, 0.15) is 46.5 Å². The Morgan fingerprint density at radius 2 is 2.04 bits per heavy atom. The maximum Gasteiger partial charge on any atom is 0.325 e. The molecular weight excluding hydrogens is 324 g/mol. The molecule has 0 unspecified atom stereocenters. The third kappa shape index (κ3) is 3.77. The second-order valence-electron chi connectivity index (χ2n) is 6.80. The molecule has 8 nitrogen and oxygen atoms in total. The highest BCUT2D eigenvalue weighted by Gasteiger charge is 2.55. The Morgan fingerprint density at radius 3 is 2.64 bits per heavy atom. The Balaban J connectivity index is 2.06. The lowest BCUT2D eigenvalue weighted by Crippen LogP contribution is -2.54. The molecule has 1 saturated carbocycles. The SMILES string of the molecule is CCNC(=O)CN(CC)C(=O)CN1C(=O)N[C@@]2(CCCC[C@@H]2C)C1=O. The van der Waals surface area contributed by atoms with Crippen molar-refractivity contribution in [3.63, 3.8) is 0 Å². The highest BCUT2D eigenvalue weighted by atomic mass is 16.2. The van der Waals surface area contributed by atoms with E-state index in [1.807, 2.05) is 6.92 Å². The van der Waals surface area contributed by atoms with Gasteiger partial charge in [0, 0.05) is 13.1 Å². The number of nitrogens with one attached hydrogen (secondary N) is 2. The van der Waals surface area contributed by atoms with Gasteiger partial charge in [-0.05, 0) is 32.6 Å². The molecule has 1 spiro atoms. The van der Waals surface area contributed by atoms with Crippen molar-refractivity contribution in [3.8, 4) is 0 Å². The zero-order chi connectivity index (χ0) is 18.6. The molecule has 2 rings (SSSR count). The van der Waals surface area contributed by atoms with Crippen molar-refractivity contribution in [2.45, 2.75) is 52.0 Å². The molecule has 0 aromatic heterocycles. The molecule has 0 bridgehead atoms. The van der Waals surface area contributed by atoms with Crippen molar-refractivity contribution in [1.82, 2.24) is 20.4 Å². The van der Waals surface area contributed by atoms with Crippen LogP contribution in [0.5, 0.6) is 0 Å².